The smallest absolute Gasteiger partial charge is 0.412 e. The highest BCUT2D eigenvalue weighted by Gasteiger charge is 2.19. The van der Waals surface area contributed by atoms with Gasteiger partial charge in [0.1, 0.15) is 5.60 Å². The fraction of sp³-hybridized carbons (Fsp3) is 0.579. The van der Waals surface area contributed by atoms with Crippen molar-refractivity contribution in [3.63, 3.8) is 0 Å². The molecular weight excluding hydrogens is 580 g/mol. The van der Waals surface area contributed by atoms with Gasteiger partial charge in [0.15, 0.2) is 12.4 Å². The number of carbonyl (C=O) groups excluding carboxylic acids is 4. The third-order valence-corrected chi connectivity index (χ3v) is 7.54. The molecule has 254 valence electrons. The van der Waals surface area contributed by atoms with E-state index < -0.39 is 24.3 Å². The van der Waals surface area contributed by atoms with E-state index in [1.807, 2.05) is 0 Å². The number of Topliss-reactive ketones (excluding diaryl/α,β-unsaturated/α-hetero) is 1. The van der Waals surface area contributed by atoms with Gasteiger partial charge in [-0.25, -0.2) is 9.59 Å². The summed E-state index contributed by atoms with van der Waals surface area (Å²) >= 11 is 0. The van der Waals surface area contributed by atoms with E-state index in [0.717, 1.165) is 19.3 Å². The molecule has 0 saturated carbocycles. The zero-order valence-electron chi connectivity index (χ0n) is 28.6. The van der Waals surface area contributed by atoms with Crippen molar-refractivity contribution < 1.29 is 28.7 Å². The van der Waals surface area contributed by atoms with Crippen molar-refractivity contribution in [3.05, 3.63) is 59.7 Å². The van der Waals surface area contributed by atoms with Crippen LogP contribution in [0.25, 0.3) is 0 Å². The average molecular weight is 637 g/mol. The minimum atomic E-state index is -0.755. The summed E-state index contributed by atoms with van der Waals surface area (Å²) in [5.74, 6) is -1.27. The minimum Gasteiger partial charge on any atom is -0.454 e. The van der Waals surface area contributed by atoms with Gasteiger partial charge in [0, 0.05) is 23.4 Å². The third kappa shape index (κ3) is 17.7. The van der Waals surface area contributed by atoms with Crippen LogP contribution in [0.2, 0.25) is 0 Å². The maximum atomic E-state index is 12.9. The molecule has 2 N–H and O–H groups in total. The predicted molar refractivity (Wildman–Crippen MR) is 186 cm³/mol. The monoisotopic (exact) mass is 636 g/mol. The molecular formula is C38H56N2O6. The van der Waals surface area contributed by atoms with Crippen molar-refractivity contribution in [3.8, 4) is 0 Å². The second-order valence-corrected chi connectivity index (χ2v) is 13.0. The van der Waals surface area contributed by atoms with E-state index in [1.165, 1.54) is 89.2 Å². The number of ketones is 1. The fourth-order valence-corrected chi connectivity index (χ4v) is 5.11. The average Bonchev–Trinajstić information content (AvgIpc) is 3.00. The van der Waals surface area contributed by atoms with E-state index >= 15 is 0 Å². The maximum absolute atomic E-state index is 12.9. The first-order valence-corrected chi connectivity index (χ1v) is 17.3. The van der Waals surface area contributed by atoms with Crippen LogP contribution in [0.1, 0.15) is 151 Å². The van der Waals surface area contributed by atoms with Crippen LogP contribution in [-0.4, -0.2) is 36.0 Å². The van der Waals surface area contributed by atoms with E-state index in [9.17, 15) is 19.2 Å². The summed E-state index contributed by atoms with van der Waals surface area (Å²) in [6.07, 6.45) is 18.5. The molecule has 8 nitrogen and oxygen atoms in total. The number of amides is 2. The lowest BCUT2D eigenvalue weighted by atomic mass is 10.0. The number of unbranched alkanes of at least 4 members (excludes halogenated alkanes) is 14. The van der Waals surface area contributed by atoms with Crippen LogP contribution in [0.3, 0.4) is 0 Å². The van der Waals surface area contributed by atoms with E-state index in [0.29, 0.717) is 17.7 Å². The molecule has 0 aliphatic carbocycles. The fourth-order valence-electron chi connectivity index (χ4n) is 5.11. The number of ether oxygens (including phenoxy) is 2. The Labute approximate surface area is 276 Å². The summed E-state index contributed by atoms with van der Waals surface area (Å²) in [7, 11) is 0. The number of anilines is 2. The maximum Gasteiger partial charge on any atom is 0.412 e. The second-order valence-electron chi connectivity index (χ2n) is 13.0. The molecule has 0 unspecified atom stereocenters. The normalized spacial score (nSPS) is 11.1. The van der Waals surface area contributed by atoms with Crippen molar-refractivity contribution in [1.82, 2.24) is 0 Å². The standard InChI is InChI=1S/C38H56N2O6/c1-5-6-7-8-9-10-11-12-13-14-15-16-17-18-22-25-35(42)39-32-26-31(27-33(28-32)40-37(44)46-38(2,3)4)36(43)45-29-34(41)30-23-20-19-21-24-30/h19-21,23-24,26-28H,5-18,22,25,29H2,1-4H3,(H,39,42)(H,40,44). The van der Waals surface area contributed by atoms with Gasteiger partial charge in [-0.05, 0) is 45.4 Å². The molecule has 2 aromatic carbocycles. The van der Waals surface area contributed by atoms with Crippen LogP contribution in [0.4, 0.5) is 16.2 Å². The number of esters is 1. The van der Waals surface area contributed by atoms with Gasteiger partial charge >= 0.3 is 12.1 Å². The highest BCUT2D eigenvalue weighted by atomic mass is 16.6. The highest BCUT2D eigenvalue weighted by molar-refractivity contribution is 6.01. The molecule has 0 saturated heterocycles. The van der Waals surface area contributed by atoms with Crippen LogP contribution in [-0.2, 0) is 14.3 Å². The number of carbonyl (C=O) groups is 4. The summed E-state index contributed by atoms with van der Waals surface area (Å²) in [5.41, 5.74) is 0.378. The molecule has 2 aromatic rings. The molecule has 8 heteroatoms. The zero-order valence-corrected chi connectivity index (χ0v) is 28.6. The number of benzene rings is 2. The van der Waals surface area contributed by atoms with Crippen LogP contribution < -0.4 is 10.6 Å². The second kappa shape index (κ2) is 22.0. The van der Waals surface area contributed by atoms with Gasteiger partial charge in [0.2, 0.25) is 5.91 Å². The highest BCUT2D eigenvalue weighted by Crippen LogP contribution is 2.22. The van der Waals surface area contributed by atoms with Crippen LogP contribution >= 0.6 is 0 Å². The summed E-state index contributed by atoms with van der Waals surface area (Å²) in [6.45, 7) is 7.05. The molecule has 0 fully saturated rings. The summed E-state index contributed by atoms with van der Waals surface area (Å²) < 4.78 is 10.6. The van der Waals surface area contributed by atoms with E-state index in [1.54, 1.807) is 57.2 Å². The van der Waals surface area contributed by atoms with Crippen LogP contribution in [0.15, 0.2) is 48.5 Å². The van der Waals surface area contributed by atoms with Crippen LogP contribution in [0, 0.1) is 0 Å². The molecule has 2 amide bonds. The molecule has 0 aliphatic rings. The Bertz CT molecular complexity index is 1210. The third-order valence-electron chi connectivity index (χ3n) is 7.54. The molecule has 0 bridgehead atoms. The zero-order chi connectivity index (χ0) is 33.6. The van der Waals surface area contributed by atoms with Crippen molar-refractivity contribution in [2.45, 2.75) is 136 Å². The van der Waals surface area contributed by atoms with Crippen molar-refractivity contribution >= 4 is 35.1 Å². The first-order valence-electron chi connectivity index (χ1n) is 17.3. The Morgan fingerprint density at radius 2 is 1.13 bits per heavy atom. The molecule has 46 heavy (non-hydrogen) atoms. The Hall–Kier alpha value is -3.68. The SMILES string of the molecule is CCCCCCCCCCCCCCCCCC(=O)Nc1cc(NC(=O)OC(C)(C)C)cc(C(=O)OCC(=O)c2ccccc2)c1. The van der Waals surface area contributed by atoms with E-state index in [-0.39, 0.29) is 22.9 Å². The molecule has 0 spiro atoms. The lowest BCUT2D eigenvalue weighted by Gasteiger charge is -2.20. The van der Waals surface area contributed by atoms with Gasteiger partial charge < -0.3 is 14.8 Å². The molecule has 0 aliphatic heterocycles. The predicted octanol–water partition coefficient (Wildman–Crippen LogP) is 10.3. The largest absolute Gasteiger partial charge is 0.454 e. The minimum absolute atomic E-state index is 0.0803. The lowest BCUT2D eigenvalue weighted by molar-refractivity contribution is -0.116. The lowest BCUT2D eigenvalue weighted by Crippen LogP contribution is -2.27. The van der Waals surface area contributed by atoms with Gasteiger partial charge in [0.25, 0.3) is 0 Å². The summed E-state index contributed by atoms with van der Waals surface area (Å²) in [4.78, 5) is 50.4. The quantitative estimate of drug-likeness (QED) is 0.0756. The van der Waals surface area contributed by atoms with Gasteiger partial charge in [-0.15, -0.1) is 0 Å². The molecule has 0 aromatic heterocycles. The van der Waals surface area contributed by atoms with Crippen molar-refractivity contribution in [1.29, 1.82) is 0 Å². The van der Waals surface area contributed by atoms with Crippen molar-refractivity contribution in [2.75, 3.05) is 17.2 Å². The molecule has 0 radical (unpaired) electrons. The Morgan fingerprint density at radius 3 is 1.65 bits per heavy atom. The first kappa shape index (κ1) is 38.5. The Balaban J connectivity index is 1.79. The number of hydrogen-bond donors (Lipinski definition) is 2. The summed E-state index contributed by atoms with van der Waals surface area (Å²) in [5, 5.41) is 5.44. The Kier molecular flexibility index (Phi) is 18.4. The van der Waals surface area contributed by atoms with Gasteiger partial charge in [-0.2, -0.15) is 0 Å². The Morgan fingerprint density at radius 1 is 0.630 bits per heavy atom. The van der Waals surface area contributed by atoms with Gasteiger partial charge in [0.05, 0.1) is 5.56 Å². The van der Waals surface area contributed by atoms with Gasteiger partial charge in [-0.3, -0.25) is 14.9 Å². The van der Waals surface area contributed by atoms with Crippen LogP contribution in [0.5, 0.6) is 0 Å². The van der Waals surface area contributed by atoms with E-state index in [2.05, 4.69) is 17.6 Å². The van der Waals surface area contributed by atoms with E-state index in [4.69, 9.17) is 9.47 Å². The number of hydrogen-bond acceptors (Lipinski definition) is 6. The summed E-state index contributed by atoms with van der Waals surface area (Å²) in [6, 6.07) is 13.0. The topological polar surface area (TPSA) is 111 Å². The molecule has 2 rings (SSSR count). The number of nitrogens with one attached hydrogen (secondary N) is 2. The van der Waals surface area contributed by atoms with Gasteiger partial charge in [-0.1, -0.05) is 127 Å². The number of rotatable bonds is 22. The molecule has 0 heterocycles. The first-order chi connectivity index (χ1) is 22.1. The van der Waals surface area contributed by atoms with Crippen molar-refractivity contribution in [2.24, 2.45) is 0 Å². The molecule has 0 atom stereocenters.